The fraction of sp³-hybridized carbons (Fsp3) is 0.214. The van der Waals surface area contributed by atoms with Crippen LogP contribution in [0.1, 0.15) is 29.4 Å². The summed E-state index contributed by atoms with van der Waals surface area (Å²) in [6.45, 7) is 0. The predicted molar refractivity (Wildman–Crippen MR) is 75.8 cm³/mol. The molecule has 3 aromatic rings. The van der Waals surface area contributed by atoms with Crippen molar-refractivity contribution in [3.8, 4) is 5.95 Å². The SMILES string of the molecule is Nc1nc(C2CCc3cccnc32)nc(-n2cccn2)n1. The summed E-state index contributed by atoms with van der Waals surface area (Å²) in [5.74, 6) is 1.37. The number of nitrogens with two attached hydrogens (primary N) is 1. The quantitative estimate of drug-likeness (QED) is 0.755. The van der Waals surface area contributed by atoms with Crippen molar-refractivity contribution in [1.82, 2.24) is 29.7 Å². The molecule has 0 saturated carbocycles. The van der Waals surface area contributed by atoms with Crippen molar-refractivity contribution in [1.29, 1.82) is 0 Å². The van der Waals surface area contributed by atoms with Crippen LogP contribution in [-0.2, 0) is 6.42 Å². The lowest BCUT2D eigenvalue weighted by Gasteiger charge is -2.10. The molecule has 0 bridgehead atoms. The summed E-state index contributed by atoms with van der Waals surface area (Å²) in [6.07, 6.45) is 7.17. The Morgan fingerprint density at radius 2 is 2.10 bits per heavy atom. The highest BCUT2D eigenvalue weighted by atomic mass is 15.4. The first-order valence-electron chi connectivity index (χ1n) is 6.76. The zero-order valence-electron chi connectivity index (χ0n) is 11.2. The van der Waals surface area contributed by atoms with Gasteiger partial charge in [0.15, 0.2) is 0 Å². The van der Waals surface area contributed by atoms with Crippen molar-refractivity contribution in [3.05, 3.63) is 53.9 Å². The Morgan fingerprint density at radius 3 is 2.95 bits per heavy atom. The molecule has 1 aliphatic rings. The van der Waals surface area contributed by atoms with E-state index in [1.54, 1.807) is 23.3 Å². The third kappa shape index (κ3) is 2.03. The molecule has 21 heavy (non-hydrogen) atoms. The number of fused-ring (bicyclic) bond motifs is 1. The summed E-state index contributed by atoms with van der Waals surface area (Å²) < 4.78 is 1.58. The Bertz CT molecular complexity index is 782. The Hall–Kier alpha value is -2.83. The smallest absolute Gasteiger partial charge is 0.255 e. The number of rotatable bonds is 2. The lowest BCUT2D eigenvalue weighted by molar-refractivity contribution is 0.689. The van der Waals surface area contributed by atoms with Gasteiger partial charge in [-0.15, -0.1) is 0 Å². The summed E-state index contributed by atoms with van der Waals surface area (Å²) >= 11 is 0. The van der Waals surface area contributed by atoms with Gasteiger partial charge in [-0.3, -0.25) is 4.98 Å². The van der Waals surface area contributed by atoms with Gasteiger partial charge in [0, 0.05) is 18.6 Å². The lowest BCUT2D eigenvalue weighted by atomic mass is 10.1. The number of nitrogen functional groups attached to an aromatic ring is 1. The molecule has 1 unspecified atom stereocenters. The minimum absolute atomic E-state index is 0.0702. The Labute approximate surface area is 120 Å². The van der Waals surface area contributed by atoms with Crippen LogP contribution in [0.3, 0.4) is 0 Å². The van der Waals surface area contributed by atoms with Gasteiger partial charge in [-0.25, -0.2) is 4.68 Å². The molecule has 0 radical (unpaired) electrons. The molecule has 7 heteroatoms. The highest BCUT2D eigenvalue weighted by Gasteiger charge is 2.28. The van der Waals surface area contributed by atoms with E-state index in [-0.39, 0.29) is 11.9 Å². The molecule has 1 atom stereocenters. The first kappa shape index (κ1) is 12.0. The average Bonchev–Trinajstić information content (AvgIpc) is 3.16. The maximum Gasteiger partial charge on any atom is 0.255 e. The molecule has 0 fully saturated rings. The van der Waals surface area contributed by atoms with E-state index in [0.29, 0.717) is 11.8 Å². The van der Waals surface area contributed by atoms with Crippen LogP contribution < -0.4 is 5.73 Å². The molecule has 1 aliphatic carbocycles. The van der Waals surface area contributed by atoms with E-state index in [0.717, 1.165) is 18.5 Å². The maximum atomic E-state index is 5.83. The standard InChI is InChI=1S/C14H13N7/c15-13-18-12(19-14(20-13)21-8-2-7-17-21)10-5-4-9-3-1-6-16-11(9)10/h1-3,6-8,10H,4-5H2,(H2,15,18,19,20). The Balaban J connectivity index is 1.80. The molecule has 0 spiro atoms. The number of aromatic nitrogens is 6. The Morgan fingerprint density at radius 1 is 1.14 bits per heavy atom. The van der Waals surface area contributed by atoms with Crippen LogP contribution >= 0.6 is 0 Å². The van der Waals surface area contributed by atoms with Crippen LogP contribution in [0.15, 0.2) is 36.8 Å². The molecule has 0 saturated heterocycles. The summed E-state index contributed by atoms with van der Waals surface area (Å²) in [5, 5.41) is 4.13. The predicted octanol–water partition coefficient (Wildman–Crippen LogP) is 1.11. The molecular formula is C14H13N7. The van der Waals surface area contributed by atoms with E-state index in [1.165, 1.54) is 5.56 Å². The highest BCUT2D eigenvalue weighted by Crippen LogP contribution is 2.34. The van der Waals surface area contributed by atoms with Gasteiger partial charge in [-0.1, -0.05) is 6.07 Å². The molecule has 4 rings (SSSR count). The van der Waals surface area contributed by atoms with Gasteiger partial charge in [0.1, 0.15) is 5.82 Å². The van der Waals surface area contributed by atoms with Crippen LogP contribution in [0.4, 0.5) is 5.95 Å². The second kappa shape index (κ2) is 4.62. The van der Waals surface area contributed by atoms with Crippen LogP contribution in [0.5, 0.6) is 0 Å². The van der Waals surface area contributed by atoms with E-state index in [9.17, 15) is 0 Å². The summed E-state index contributed by atoms with van der Waals surface area (Å²) in [4.78, 5) is 17.4. The molecule has 104 valence electrons. The normalized spacial score (nSPS) is 16.9. The minimum Gasteiger partial charge on any atom is -0.368 e. The van der Waals surface area contributed by atoms with Crippen molar-refractivity contribution in [2.75, 3.05) is 5.73 Å². The van der Waals surface area contributed by atoms with Crippen LogP contribution in [0, 0.1) is 0 Å². The first-order valence-corrected chi connectivity index (χ1v) is 6.76. The minimum atomic E-state index is 0.0702. The third-order valence-electron chi connectivity index (χ3n) is 3.64. The number of pyridine rings is 1. The fourth-order valence-corrected chi connectivity index (χ4v) is 2.71. The fourth-order valence-electron chi connectivity index (χ4n) is 2.71. The Kier molecular flexibility index (Phi) is 2.63. The first-order chi connectivity index (χ1) is 10.3. The number of anilines is 1. The molecule has 0 amide bonds. The average molecular weight is 279 g/mol. The van der Waals surface area contributed by atoms with Crippen LogP contribution in [-0.4, -0.2) is 29.7 Å². The molecule has 3 aromatic heterocycles. The van der Waals surface area contributed by atoms with Crippen molar-refractivity contribution in [3.63, 3.8) is 0 Å². The molecule has 3 heterocycles. The lowest BCUT2D eigenvalue weighted by Crippen LogP contribution is -2.13. The molecule has 0 aliphatic heterocycles. The van der Waals surface area contributed by atoms with Crippen LogP contribution in [0.25, 0.3) is 5.95 Å². The number of aryl methyl sites for hydroxylation is 1. The van der Waals surface area contributed by atoms with E-state index >= 15 is 0 Å². The van der Waals surface area contributed by atoms with Crippen molar-refractivity contribution in [2.24, 2.45) is 0 Å². The van der Waals surface area contributed by atoms with E-state index < -0.39 is 0 Å². The summed E-state index contributed by atoms with van der Waals surface area (Å²) in [6, 6.07) is 5.87. The van der Waals surface area contributed by atoms with Gasteiger partial charge in [0.25, 0.3) is 5.95 Å². The highest BCUT2D eigenvalue weighted by molar-refractivity contribution is 5.35. The van der Waals surface area contributed by atoms with Gasteiger partial charge in [0.2, 0.25) is 5.95 Å². The summed E-state index contributed by atoms with van der Waals surface area (Å²) in [7, 11) is 0. The monoisotopic (exact) mass is 279 g/mol. The molecule has 7 nitrogen and oxygen atoms in total. The second-order valence-corrected chi connectivity index (χ2v) is 4.94. The van der Waals surface area contributed by atoms with Gasteiger partial charge >= 0.3 is 0 Å². The zero-order valence-corrected chi connectivity index (χ0v) is 11.2. The van der Waals surface area contributed by atoms with Gasteiger partial charge < -0.3 is 5.73 Å². The molecule has 2 N–H and O–H groups in total. The largest absolute Gasteiger partial charge is 0.368 e. The zero-order chi connectivity index (χ0) is 14.2. The third-order valence-corrected chi connectivity index (χ3v) is 3.64. The second-order valence-electron chi connectivity index (χ2n) is 4.94. The van der Waals surface area contributed by atoms with Gasteiger partial charge in [-0.2, -0.15) is 20.1 Å². The van der Waals surface area contributed by atoms with Crippen molar-refractivity contribution >= 4 is 5.95 Å². The van der Waals surface area contributed by atoms with Gasteiger partial charge in [0.05, 0.1) is 11.6 Å². The number of hydrogen-bond acceptors (Lipinski definition) is 6. The molecule has 0 aromatic carbocycles. The number of nitrogens with zero attached hydrogens (tertiary/aromatic N) is 6. The van der Waals surface area contributed by atoms with Gasteiger partial charge in [-0.05, 0) is 30.5 Å². The number of hydrogen-bond donors (Lipinski definition) is 1. The van der Waals surface area contributed by atoms with E-state index in [1.807, 2.05) is 12.1 Å². The summed E-state index contributed by atoms with van der Waals surface area (Å²) in [5.41, 5.74) is 8.12. The molecular weight excluding hydrogens is 266 g/mol. The van der Waals surface area contributed by atoms with Crippen molar-refractivity contribution in [2.45, 2.75) is 18.8 Å². The van der Waals surface area contributed by atoms with Crippen molar-refractivity contribution < 1.29 is 0 Å². The van der Waals surface area contributed by atoms with E-state index in [2.05, 4.69) is 31.1 Å². The topological polar surface area (TPSA) is 95.4 Å². The maximum absolute atomic E-state index is 5.83. The van der Waals surface area contributed by atoms with E-state index in [4.69, 9.17) is 5.73 Å². The van der Waals surface area contributed by atoms with Crippen LogP contribution in [0.2, 0.25) is 0 Å².